The summed E-state index contributed by atoms with van der Waals surface area (Å²) in [6.07, 6.45) is 9.89. The molecule has 4 heteroatoms. The highest BCUT2D eigenvalue weighted by atomic mass is 16.2. The van der Waals surface area contributed by atoms with E-state index in [0.29, 0.717) is 18.9 Å². The van der Waals surface area contributed by atoms with Crippen LogP contribution in [0.15, 0.2) is 18.2 Å². The minimum absolute atomic E-state index is 0.119. The molecule has 3 aliphatic rings. The zero-order valence-corrected chi connectivity index (χ0v) is 14.9. The second kappa shape index (κ2) is 7.19. The van der Waals surface area contributed by atoms with Crippen molar-refractivity contribution in [3.63, 3.8) is 0 Å². The number of hydrogen-bond acceptors (Lipinski definition) is 2. The van der Waals surface area contributed by atoms with Gasteiger partial charge in [0.25, 0.3) is 0 Å². The number of nitrogens with one attached hydrogen (secondary N) is 1. The first-order valence-corrected chi connectivity index (χ1v) is 9.89. The van der Waals surface area contributed by atoms with Gasteiger partial charge in [0.15, 0.2) is 0 Å². The van der Waals surface area contributed by atoms with Gasteiger partial charge in [0.1, 0.15) is 0 Å². The van der Waals surface area contributed by atoms with Gasteiger partial charge in [-0.05, 0) is 54.9 Å². The Kier molecular flexibility index (Phi) is 4.78. The Balaban J connectivity index is 1.34. The van der Waals surface area contributed by atoms with Crippen LogP contribution in [0.2, 0.25) is 0 Å². The Bertz CT molecular complexity index is 660. The molecule has 25 heavy (non-hydrogen) atoms. The summed E-state index contributed by atoms with van der Waals surface area (Å²) in [5.74, 6) is 1.46. The molecule has 1 aliphatic heterocycles. The van der Waals surface area contributed by atoms with Gasteiger partial charge >= 0.3 is 0 Å². The average molecular weight is 340 g/mol. The van der Waals surface area contributed by atoms with E-state index < -0.39 is 0 Å². The van der Waals surface area contributed by atoms with E-state index in [2.05, 4.69) is 17.4 Å². The smallest absolute Gasteiger partial charge is 0.225 e. The number of benzene rings is 1. The zero-order chi connectivity index (χ0) is 17.2. The molecule has 0 atom stereocenters. The van der Waals surface area contributed by atoms with E-state index in [-0.39, 0.29) is 11.8 Å². The Labute approximate surface area is 150 Å². The fraction of sp³-hybridized carbons (Fsp3) is 0.619. The fourth-order valence-corrected chi connectivity index (χ4v) is 4.27. The predicted molar refractivity (Wildman–Crippen MR) is 98.1 cm³/mol. The Morgan fingerprint density at radius 1 is 1.08 bits per heavy atom. The Morgan fingerprint density at radius 3 is 2.64 bits per heavy atom. The highest BCUT2D eigenvalue weighted by Gasteiger charge is 2.34. The second-order valence-electron chi connectivity index (χ2n) is 8.00. The van der Waals surface area contributed by atoms with Crippen LogP contribution in [0.25, 0.3) is 0 Å². The van der Waals surface area contributed by atoms with Gasteiger partial charge < -0.3 is 10.2 Å². The summed E-state index contributed by atoms with van der Waals surface area (Å²) in [7, 11) is 0. The van der Waals surface area contributed by atoms with Gasteiger partial charge in [0.2, 0.25) is 11.8 Å². The van der Waals surface area contributed by atoms with E-state index in [1.54, 1.807) is 0 Å². The monoisotopic (exact) mass is 340 g/mol. The first-order valence-electron chi connectivity index (χ1n) is 9.89. The maximum absolute atomic E-state index is 12.3. The summed E-state index contributed by atoms with van der Waals surface area (Å²) < 4.78 is 0. The van der Waals surface area contributed by atoms with Crippen LogP contribution in [-0.2, 0) is 22.6 Å². The van der Waals surface area contributed by atoms with Crippen molar-refractivity contribution >= 4 is 17.5 Å². The molecule has 0 unspecified atom stereocenters. The van der Waals surface area contributed by atoms with Crippen LogP contribution in [0.5, 0.6) is 0 Å². The molecule has 1 heterocycles. The summed E-state index contributed by atoms with van der Waals surface area (Å²) >= 11 is 0. The van der Waals surface area contributed by atoms with E-state index >= 15 is 0 Å². The summed E-state index contributed by atoms with van der Waals surface area (Å²) in [6, 6.07) is 6.18. The summed E-state index contributed by atoms with van der Waals surface area (Å²) in [5, 5.41) is 3.05. The maximum Gasteiger partial charge on any atom is 0.225 e. The number of amides is 2. The molecule has 2 saturated carbocycles. The van der Waals surface area contributed by atoms with Crippen LogP contribution in [0, 0.1) is 11.8 Å². The molecule has 2 aliphatic carbocycles. The highest BCUT2D eigenvalue weighted by Crippen LogP contribution is 2.33. The number of carbonyl (C=O) groups is 2. The minimum Gasteiger partial charge on any atom is -0.338 e. The van der Waals surface area contributed by atoms with Gasteiger partial charge in [-0.1, -0.05) is 31.7 Å². The van der Waals surface area contributed by atoms with Gasteiger partial charge in [-0.25, -0.2) is 0 Å². The van der Waals surface area contributed by atoms with Gasteiger partial charge in [0, 0.05) is 31.1 Å². The normalized spacial score (nSPS) is 20.4. The van der Waals surface area contributed by atoms with Gasteiger partial charge in [0.05, 0.1) is 0 Å². The third kappa shape index (κ3) is 4.05. The Hall–Kier alpha value is -1.84. The molecule has 1 aromatic rings. The molecule has 0 radical (unpaired) electrons. The number of hydrogen-bond donors (Lipinski definition) is 1. The van der Waals surface area contributed by atoms with Crippen LogP contribution in [-0.4, -0.2) is 23.3 Å². The summed E-state index contributed by atoms with van der Waals surface area (Å²) in [4.78, 5) is 26.5. The van der Waals surface area contributed by atoms with Crippen molar-refractivity contribution in [2.45, 2.75) is 64.3 Å². The molecule has 0 aromatic heterocycles. The van der Waals surface area contributed by atoms with Crippen molar-refractivity contribution in [1.82, 2.24) is 4.90 Å². The second-order valence-corrected chi connectivity index (χ2v) is 8.00. The maximum atomic E-state index is 12.3. The number of rotatable bonds is 5. The molecule has 0 bridgehead atoms. The molecular formula is C21H28N2O2. The van der Waals surface area contributed by atoms with Gasteiger partial charge in [-0.15, -0.1) is 0 Å². The standard InChI is InChI=1S/C21H28N2O2/c24-20(10-5-15-3-1-2-4-15)22-19-9-8-16-11-12-23(14-18(16)13-19)21(25)17-6-7-17/h8-9,13,15,17H,1-7,10-12,14H2,(H,22,24). The Morgan fingerprint density at radius 2 is 1.88 bits per heavy atom. The van der Waals surface area contributed by atoms with Crippen molar-refractivity contribution in [3.05, 3.63) is 29.3 Å². The van der Waals surface area contributed by atoms with Gasteiger partial charge in [-0.3, -0.25) is 9.59 Å². The van der Waals surface area contributed by atoms with E-state index in [1.807, 2.05) is 11.0 Å². The lowest BCUT2D eigenvalue weighted by Gasteiger charge is -2.29. The minimum atomic E-state index is 0.119. The highest BCUT2D eigenvalue weighted by molar-refractivity contribution is 5.90. The van der Waals surface area contributed by atoms with Crippen molar-refractivity contribution < 1.29 is 9.59 Å². The number of fused-ring (bicyclic) bond motifs is 1. The van der Waals surface area contributed by atoms with E-state index in [4.69, 9.17) is 0 Å². The largest absolute Gasteiger partial charge is 0.338 e. The number of nitrogens with zero attached hydrogens (tertiary/aromatic N) is 1. The van der Waals surface area contributed by atoms with Crippen molar-refractivity contribution in [2.75, 3.05) is 11.9 Å². The van der Waals surface area contributed by atoms with Crippen molar-refractivity contribution in [2.24, 2.45) is 11.8 Å². The van der Waals surface area contributed by atoms with Crippen LogP contribution in [0.1, 0.15) is 62.5 Å². The lowest BCUT2D eigenvalue weighted by Crippen LogP contribution is -2.36. The SMILES string of the molecule is O=C(CCC1CCCC1)Nc1ccc2c(c1)CN(C(=O)C1CC1)CC2. The molecule has 2 amide bonds. The average Bonchev–Trinajstić information content (AvgIpc) is 3.34. The number of anilines is 1. The molecule has 1 aromatic carbocycles. The molecule has 1 N–H and O–H groups in total. The fourth-order valence-electron chi connectivity index (χ4n) is 4.27. The molecule has 4 nitrogen and oxygen atoms in total. The van der Waals surface area contributed by atoms with Crippen molar-refractivity contribution in [3.8, 4) is 0 Å². The van der Waals surface area contributed by atoms with Crippen LogP contribution in [0.3, 0.4) is 0 Å². The van der Waals surface area contributed by atoms with Crippen LogP contribution >= 0.6 is 0 Å². The summed E-state index contributed by atoms with van der Waals surface area (Å²) in [5.41, 5.74) is 3.37. The van der Waals surface area contributed by atoms with E-state index in [1.165, 1.54) is 36.8 Å². The molecule has 4 rings (SSSR count). The van der Waals surface area contributed by atoms with E-state index in [9.17, 15) is 9.59 Å². The molecule has 0 saturated heterocycles. The molecule has 0 spiro atoms. The molecular weight excluding hydrogens is 312 g/mol. The van der Waals surface area contributed by atoms with E-state index in [0.717, 1.165) is 43.8 Å². The topological polar surface area (TPSA) is 49.4 Å². The third-order valence-electron chi connectivity index (χ3n) is 5.99. The van der Waals surface area contributed by atoms with Crippen LogP contribution < -0.4 is 5.32 Å². The first-order chi connectivity index (χ1) is 12.2. The van der Waals surface area contributed by atoms with Crippen LogP contribution in [0.4, 0.5) is 5.69 Å². The quantitative estimate of drug-likeness (QED) is 0.884. The molecule has 2 fully saturated rings. The third-order valence-corrected chi connectivity index (χ3v) is 5.99. The lowest BCUT2D eigenvalue weighted by atomic mass is 9.98. The molecule has 134 valence electrons. The van der Waals surface area contributed by atoms with Gasteiger partial charge in [-0.2, -0.15) is 0 Å². The lowest BCUT2D eigenvalue weighted by molar-refractivity contribution is -0.133. The van der Waals surface area contributed by atoms with Crippen molar-refractivity contribution in [1.29, 1.82) is 0 Å². The first kappa shape index (κ1) is 16.6. The zero-order valence-electron chi connectivity index (χ0n) is 14.9. The summed E-state index contributed by atoms with van der Waals surface area (Å²) in [6.45, 7) is 1.52. The number of carbonyl (C=O) groups excluding carboxylic acids is 2. The predicted octanol–water partition coefficient (Wildman–Crippen LogP) is 3.89.